The van der Waals surface area contributed by atoms with Gasteiger partial charge in [-0.3, -0.25) is 4.79 Å². The summed E-state index contributed by atoms with van der Waals surface area (Å²) in [5.74, 6) is 0.148. The van der Waals surface area contributed by atoms with Crippen LogP contribution in [0.5, 0.6) is 0 Å². The Kier molecular flexibility index (Phi) is 3.23. The van der Waals surface area contributed by atoms with E-state index in [9.17, 15) is 4.79 Å². The number of amides is 1. The first-order valence-electron chi connectivity index (χ1n) is 4.30. The van der Waals surface area contributed by atoms with E-state index in [2.05, 4.69) is 21.2 Å². The fourth-order valence-corrected chi connectivity index (χ4v) is 2.50. The number of halogens is 1. The summed E-state index contributed by atoms with van der Waals surface area (Å²) in [5.41, 5.74) is 0. The SMILES string of the molecule is O=C(NCc1cc(Br)cs1)c1ccco1. The molecule has 78 valence electrons. The molecule has 0 unspecified atom stereocenters. The Morgan fingerprint density at radius 1 is 1.60 bits per heavy atom. The lowest BCUT2D eigenvalue weighted by molar-refractivity contribution is 0.0923. The Hall–Kier alpha value is -1.07. The topological polar surface area (TPSA) is 42.2 Å². The van der Waals surface area contributed by atoms with Crippen LogP contribution in [0.2, 0.25) is 0 Å². The molecule has 0 aliphatic carbocycles. The predicted molar refractivity (Wildman–Crippen MR) is 61.9 cm³/mol. The van der Waals surface area contributed by atoms with Crippen LogP contribution in [-0.4, -0.2) is 5.91 Å². The number of carbonyl (C=O) groups is 1. The highest BCUT2D eigenvalue weighted by atomic mass is 79.9. The van der Waals surface area contributed by atoms with Crippen molar-refractivity contribution in [2.24, 2.45) is 0 Å². The van der Waals surface area contributed by atoms with Crippen LogP contribution in [0, 0.1) is 0 Å². The quantitative estimate of drug-likeness (QED) is 0.942. The van der Waals surface area contributed by atoms with Crippen molar-refractivity contribution in [1.82, 2.24) is 5.32 Å². The first-order valence-corrected chi connectivity index (χ1v) is 5.97. The summed E-state index contributed by atoms with van der Waals surface area (Å²) in [6, 6.07) is 5.31. The van der Waals surface area contributed by atoms with Gasteiger partial charge < -0.3 is 9.73 Å². The van der Waals surface area contributed by atoms with Crippen molar-refractivity contribution in [3.8, 4) is 0 Å². The van der Waals surface area contributed by atoms with E-state index in [4.69, 9.17) is 4.42 Å². The van der Waals surface area contributed by atoms with Crippen molar-refractivity contribution in [2.45, 2.75) is 6.54 Å². The number of hydrogen-bond donors (Lipinski definition) is 1. The Morgan fingerprint density at radius 2 is 2.47 bits per heavy atom. The third kappa shape index (κ3) is 2.70. The number of thiophene rings is 1. The Bertz CT molecular complexity index is 450. The lowest BCUT2D eigenvalue weighted by Crippen LogP contribution is -2.21. The molecule has 0 bridgehead atoms. The zero-order chi connectivity index (χ0) is 10.7. The summed E-state index contributed by atoms with van der Waals surface area (Å²) in [5, 5.41) is 4.75. The molecule has 15 heavy (non-hydrogen) atoms. The fourth-order valence-electron chi connectivity index (χ4n) is 1.11. The van der Waals surface area contributed by atoms with Gasteiger partial charge in [-0.05, 0) is 34.1 Å². The molecule has 0 saturated heterocycles. The van der Waals surface area contributed by atoms with Gasteiger partial charge in [-0.2, -0.15) is 0 Å². The lowest BCUT2D eigenvalue weighted by Gasteiger charge is -1.99. The molecule has 0 aliphatic heterocycles. The fraction of sp³-hybridized carbons (Fsp3) is 0.100. The average molecular weight is 286 g/mol. The first-order chi connectivity index (χ1) is 7.25. The molecule has 0 radical (unpaired) electrons. The van der Waals surface area contributed by atoms with Gasteiger partial charge in [0, 0.05) is 14.7 Å². The summed E-state index contributed by atoms with van der Waals surface area (Å²) in [4.78, 5) is 12.6. The largest absolute Gasteiger partial charge is 0.459 e. The van der Waals surface area contributed by atoms with E-state index in [1.54, 1.807) is 23.5 Å². The highest BCUT2D eigenvalue weighted by Gasteiger charge is 2.07. The van der Waals surface area contributed by atoms with Gasteiger partial charge in [0.25, 0.3) is 5.91 Å². The van der Waals surface area contributed by atoms with E-state index in [1.807, 2.05) is 11.4 Å². The van der Waals surface area contributed by atoms with Crippen LogP contribution in [0.25, 0.3) is 0 Å². The second-order valence-electron chi connectivity index (χ2n) is 2.89. The van der Waals surface area contributed by atoms with Gasteiger partial charge in [-0.25, -0.2) is 0 Å². The van der Waals surface area contributed by atoms with E-state index in [-0.39, 0.29) is 5.91 Å². The second-order valence-corrected chi connectivity index (χ2v) is 4.80. The highest BCUT2D eigenvalue weighted by Crippen LogP contribution is 2.19. The third-order valence-corrected chi connectivity index (χ3v) is 3.49. The molecule has 2 aromatic rings. The van der Waals surface area contributed by atoms with Crippen molar-refractivity contribution in [3.63, 3.8) is 0 Å². The van der Waals surface area contributed by atoms with Gasteiger partial charge in [-0.15, -0.1) is 11.3 Å². The minimum atomic E-state index is -0.190. The van der Waals surface area contributed by atoms with Crippen molar-refractivity contribution in [3.05, 3.63) is 45.0 Å². The maximum atomic E-state index is 11.5. The molecule has 1 amide bonds. The number of rotatable bonds is 3. The lowest BCUT2D eigenvalue weighted by atomic mass is 10.4. The summed E-state index contributed by atoms with van der Waals surface area (Å²) in [6.07, 6.45) is 1.48. The molecular weight excluding hydrogens is 278 g/mol. The molecule has 0 aromatic carbocycles. The summed E-state index contributed by atoms with van der Waals surface area (Å²) >= 11 is 4.95. The standard InChI is InChI=1S/C10H8BrNO2S/c11-7-4-8(15-6-7)5-12-10(13)9-2-1-3-14-9/h1-4,6H,5H2,(H,12,13). The molecule has 2 aromatic heterocycles. The van der Waals surface area contributed by atoms with E-state index < -0.39 is 0 Å². The number of carbonyl (C=O) groups excluding carboxylic acids is 1. The smallest absolute Gasteiger partial charge is 0.287 e. The molecule has 5 heteroatoms. The zero-order valence-corrected chi connectivity index (χ0v) is 10.1. The van der Waals surface area contributed by atoms with E-state index in [0.29, 0.717) is 12.3 Å². The van der Waals surface area contributed by atoms with Crippen LogP contribution < -0.4 is 5.32 Å². The van der Waals surface area contributed by atoms with E-state index in [0.717, 1.165) is 9.35 Å². The van der Waals surface area contributed by atoms with Gasteiger partial charge in [0.05, 0.1) is 12.8 Å². The summed E-state index contributed by atoms with van der Waals surface area (Å²) < 4.78 is 6.01. The van der Waals surface area contributed by atoms with Crippen molar-refractivity contribution in [1.29, 1.82) is 0 Å². The van der Waals surface area contributed by atoms with Crippen LogP contribution in [0.1, 0.15) is 15.4 Å². The monoisotopic (exact) mass is 285 g/mol. The Balaban J connectivity index is 1.91. The molecule has 0 aliphatic rings. The van der Waals surface area contributed by atoms with E-state index >= 15 is 0 Å². The third-order valence-electron chi connectivity index (χ3n) is 1.79. The molecule has 1 N–H and O–H groups in total. The predicted octanol–water partition coefficient (Wildman–Crippen LogP) is 3.03. The van der Waals surface area contributed by atoms with Crippen molar-refractivity contribution >= 4 is 33.2 Å². The van der Waals surface area contributed by atoms with Crippen molar-refractivity contribution < 1.29 is 9.21 Å². The normalized spacial score (nSPS) is 10.2. The Labute approximate surface area is 99.2 Å². The molecule has 0 atom stereocenters. The molecule has 3 nitrogen and oxygen atoms in total. The maximum absolute atomic E-state index is 11.5. The molecular formula is C10H8BrNO2S. The number of hydrogen-bond acceptors (Lipinski definition) is 3. The maximum Gasteiger partial charge on any atom is 0.287 e. The van der Waals surface area contributed by atoms with Gasteiger partial charge in [0.2, 0.25) is 0 Å². The number of furan rings is 1. The average Bonchev–Trinajstić information content (AvgIpc) is 2.84. The van der Waals surface area contributed by atoms with Gasteiger partial charge in [0.15, 0.2) is 5.76 Å². The minimum Gasteiger partial charge on any atom is -0.459 e. The molecule has 0 spiro atoms. The van der Waals surface area contributed by atoms with Crippen LogP contribution >= 0.6 is 27.3 Å². The minimum absolute atomic E-state index is 0.190. The van der Waals surface area contributed by atoms with Crippen LogP contribution in [0.3, 0.4) is 0 Å². The van der Waals surface area contributed by atoms with Crippen molar-refractivity contribution in [2.75, 3.05) is 0 Å². The van der Waals surface area contributed by atoms with Crippen LogP contribution in [0.4, 0.5) is 0 Å². The van der Waals surface area contributed by atoms with Gasteiger partial charge in [-0.1, -0.05) is 0 Å². The van der Waals surface area contributed by atoms with Gasteiger partial charge in [0.1, 0.15) is 0 Å². The van der Waals surface area contributed by atoms with Crippen LogP contribution in [0.15, 0.2) is 38.7 Å². The molecule has 2 rings (SSSR count). The Morgan fingerprint density at radius 3 is 3.07 bits per heavy atom. The molecule has 2 heterocycles. The summed E-state index contributed by atoms with van der Waals surface area (Å²) in [7, 11) is 0. The first kappa shape index (κ1) is 10.4. The summed E-state index contributed by atoms with van der Waals surface area (Å²) in [6.45, 7) is 0.524. The molecule has 0 fully saturated rings. The number of nitrogens with one attached hydrogen (secondary N) is 1. The second kappa shape index (κ2) is 4.63. The van der Waals surface area contributed by atoms with Gasteiger partial charge >= 0.3 is 0 Å². The van der Waals surface area contributed by atoms with E-state index in [1.165, 1.54) is 6.26 Å². The molecule has 0 saturated carbocycles. The van der Waals surface area contributed by atoms with Crippen LogP contribution in [-0.2, 0) is 6.54 Å². The highest BCUT2D eigenvalue weighted by molar-refractivity contribution is 9.10. The zero-order valence-electron chi connectivity index (χ0n) is 7.70.